The Morgan fingerprint density at radius 3 is 2.73 bits per heavy atom. The van der Waals surface area contributed by atoms with Crippen LogP contribution in [0.5, 0.6) is 0 Å². The highest BCUT2D eigenvalue weighted by Gasteiger charge is 2.39. The van der Waals surface area contributed by atoms with Gasteiger partial charge in [-0.15, -0.1) is 0 Å². The molecular formula is C22H28ClF2N3O2. The Balaban J connectivity index is 1.77. The number of ether oxygens (including phenoxy) is 2. The van der Waals surface area contributed by atoms with Gasteiger partial charge in [-0.2, -0.15) is 8.78 Å². The van der Waals surface area contributed by atoms with Crippen LogP contribution in [0.1, 0.15) is 31.7 Å². The maximum Gasteiger partial charge on any atom is 0.345 e. The second-order valence-electron chi connectivity index (χ2n) is 7.83. The standard InChI is InChI=1S/C22H28ClF2N3O2/c1-14(13-30-21(24)25)26-19-7-5-6-18(20(19)23)22(4)12-15(2)28(16(3)27-22)17-8-10-29-11-9-17/h5-7,17,21,26-27H,1-3,8-13H2,4H3. The van der Waals surface area contributed by atoms with E-state index in [4.69, 9.17) is 16.3 Å². The van der Waals surface area contributed by atoms with Gasteiger partial charge in [-0.05, 0) is 31.4 Å². The molecule has 1 unspecified atom stereocenters. The monoisotopic (exact) mass is 439 g/mol. The van der Waals surface area contributed by atoms with Gasteiger partial charge in [0.05, 0.1) is 28.7 Å². The smallest absolute Gasteiger partial charge is 0.345 e. The van der Waals surface area contributed by atoms with Crippen LogP contribution in [0.2, 0.25) is 5.02 Å². The Kier molecular flexibility index (Phi) is 7.06. The number of nitrogens with zero attached hydrogens (tertiary/aromatic N) is 1. The molecule has 0 bridgehead atoms. The van der Waals surface area contributed by atoms with Crippen molar-refractivity contribution in [1.29, 1.82) is 0 Å². The first kappa shape index (κ1) is 22.6. The first-order valence-electron chi connectivity index (χ1n) is 9.86. The number of alkyl halides is 2. The molecule has 1 aromatic rings. The summed E-state index contributed by atoms with van der Waals surface area (Å²) in [4.78, 5) is 2.17. The van der Waals surface area contributed by atoms with Gasteiger partial charge in [0.25, 0.3) is 0 Å². The molecule has 2 fully saturated rings. The van der Waals surface area contributed by atoms with Crippen LogP contribution in [0.15, 0.2) is 55.2 Å². The highest BCUT2D eigenvalue weighted by Crippen LogP contribution is 2.42. The van der Waals surface area contributed by atoms with E-state index in [0.717, 1.165) is 43.1 Å². The Morgan fingerprint density at radius 2 is 2.10 bits per heavy atom. The van der Waals surface area contributed by atoms with Crippen molar-refractivity contribution in [1.82, 2.24) is 10.2 Å². The van der Waals surface area contributed by atoms with Gasteiger partial charge in [-0.1, -0.05) is 43.5 Å². The number of hydrogen-bond acceptors (Lipinski definition) is 5. The summed E-state index contributed by atoms with van der Waals surface area (Å²) in [5, 5.41) is 6.96. The molecule has 2 N–H and O–H groups in total. The van der Waals surface area contributed by atoms with E-state index in [1.165, 1.54) is 0 Å². The Bertz CT molecular complexity index is 807. The average Bonchev–Trinajstić information content (AvgIpc) is 2.68. The lowest BCUT2D eigenvalue weighted by molar-refractivity contribution is -0.120. The van der Waals surface area contributed by atoms with Gasteiger partial charge in [0, 0.05) is 37.1 Å². The second-order valence-corrected chi connectivity index (χ2v) is 8.21. The van der Waals surface area contributed by atoms with Gasteiger partial charge in [0.1, 0.15) is 0 Å². The van der Waals surface area contributed by atoms with Crippen molar-refractivity contribution in [2.24, 2.45) is 0 Å². The van der Waals surface area contributed by atoms with Crippen LogP contribution in [0, 0.1) is 0 Å². The lowest BCUT2D eigenvalue weighted by Gasteiger charge is -2.48. The molecule has 2 aliphatic rings. The number of nitrogens with one attached hydrogen (secondary N) is 2. The Morgan fingerprint density at radius 1 is 1.40 bits per heavy atom. The van der Waals surface area contributed by atoms with Crippen LogP contribution in [0.25, 0.3) is 0 Å². The molecule has 0 spiro atoms. The predicted octanol–water partition coefficient (Wildman–Crippen LogP) is 5.18. The van der Waals surface area contributed by atoms with Crippen molar-refractivity contribution in [2.45, 2.75) is 44.4 Å². The molecule has 5 nitrogen and oxygen atoms in total. The molecule has 2 aliphatic heterocycles. The number of benzene rings is 1. The SMILES string of the molecule is C=C(COC(F)F)Nc1cccc(C2(C)CC(=C)N(C3CCOCC3)C(=C)N2)c1Cl. The topological polar surface area (TPSA) is 45.8 Å². The highest BCUT2D eigenvalue weighted by molar-refractivity contribution is 6.34. The highest BCUT2D eigenvalue weighted by atomic mass is 35.5. The van der Waals surface area contributed by atoms with Crippen molar-refractivity contribution >= 4 is 17.3 Å². The normalized spacial score (nSPS) is 22.9. The molecule has 1 atom stereocenters. The van der Waals surface area contributed by atoms with Crippen molar-refractivity contribution in [2.75, 3.05) is 25.1 Å². The fourth-order valence-corrected chi connectivity index (χ4v) is 4.52. The summed E-state index contributed by atoms with van der Waals surface area (Å²) in [6.45, 7) is 12.6. The van der Waals surface area contributed by atoms with Crippen molar-refractivity contribution in [3.63, 3.8) is 0 Å². The first-order valence-corrected chi connectivity index (χ1v) is 10.2. The van der Waals surface area contributed by atoms with Gasteiger partial charge >= 0.3 is 6.61 Å². The van der Waals surface area contributed by atoms with Crippen LogP contribution in [0.3, 0.4) is 0 Å². The minimum Gasteiger partial charge on any atom is -0.381 e. The van der Waals surface area contributed by atoms with Crippen molar-refractivity contribution in [3.05, 3.63) is 65.7 Å². The van der Waals surface area contributed by atoms with Gasteiger partial charge < -0.3 is 25.0 Å². The second kappa shape index (κ2) is 9.37. The molecule has 0 aliphatic carbocycles. The quantitative estimate of drug-likeness (QED) is 0.613. The third-order valence-electron chi connectivity index (χ3n) is 5.45. The van der Waals surface area contributed by atoms with E-state index in [1.807, 2.05) is 19.1 Å². The molecule has 8 heteroatoms. The number of rotatable bonds is 7. The zero-order valence-electron chi connectivity index (χ0n) is 17.1. The molecule has 164 valence electrons. The Labute approximate surface area is 181 Å². The lowest BCUT2D eigenvalue weighted by Crippen LogP contribution is -2.53. The van der Waals surface area contributed by atoms with E-state index in [9.17, 15) is 8.78 Å². The van der Waals surface area contributed by atoms with Crippen LogP contribution in [0.4, 0.5) is 14.5 Å². The summed E-state index contributed by atoms with van der Waals surface area (Å²) in [5.41, 5.74) is 2.16. The molecule has 0 aromatic heterocycles. The fraction of sp³-hybridized carbons (Fsp3) is 0.455. The van der Waals surface area contributed by atoms with Gasteiger partial charge in [-0.3, -0.25) is 0 Å². The van der Waals surface area contributed by atoms with E-state index in [-0.39, 0.29) is 12.3 Å². The molecule has 3 rings (SSSR count). The van der Waals surface area contributed by atoms with E-state index in [2.05, 4.69) is 40.0 Å². The molecular weight excluding hydrogens is 412 g/mol. The zero-order valence-corrected chi connectivity index (χ0v) is 17.9. The summed E-state index contributed by atoms with van der Waals surface area (Å²) in [7, 11) is 0. The number of halogens is 3. The minimum atomic E-state index is -2.86. The summed E-state index contributed by atoms with van der Waals surface area (Å²) in [6.07, 6.45) is 2.50. The zero-order chi connectivity index (χ0) is 21.9. The van der Waals surface area contributed by atoms with Crippen LogP contribution >= 0.6 is 11.6 Å². The van der Waals surface area contributed by atoms with Gasteiger partial charge in [0.2, 0.25) is 0 Å². The summed E-state index contributed by atoms with van der Waals surface area (Å²) >= 11 is 6.70. The number of hydrogen-bond donors (Lipinski definition) is 2. The molecule has 1 aromatic carbocycles. The minimum absolute atomic E-state index is 0.288. The molecule has 2 saturated heterocycles. The van der Waals surface area contributed by atoms with E-state index in [0.29, 0.717) is 23.2 Å². The molecule has 0 amide bonds. The van der Waals surface area contributed by atoms with Crippen LogP contribution < -0.4 is 10.6 Å². The molecule has 0 saturated carbocycles. The molecule has 2 heterocycles. The largest absolute Gasteiger partial charge is 0.381 e. The summed E-state index contributed by atoms with van der Waals surface area (Å²) < 4.78 is 34.3. The van der Waals surface area contributed by atoms with E-state index in [1.54, 1.807) is 6.07 Å². The maximum absolute atomic E-state index is 12.3. The van der Waals surface area contributed by atoms with Crippen molar-refractivity contribution < 1.29 is 18.3 Å². The van der Waals surface area contributed by atoms with Gasteiger partial charge in [0.15, 0.2) is 0 Å². The van der Waals surface area contributed by atoms with Crippen molar-refractivity contribution in [3.8, 4) is 0 Å². The molecule has 30 heavy (non-hydrogen) atoms. The van der Waals surface area contributed by atoms with Crippen LogP contribution in [-0.4, -0.2) is 37.4 Å². The van der Waals surface area contributed by atoms with Gasteiger partial charge in [-0.25, -0.2) is 0 Å². The van der Waals surface area contributed by atoms with E-state index < -0.39 is 12.2 Å². The fourth-order valence-electron chi connectivity index (χ4n) is 4.14. The number of anilines is 1. The van der Waals surface area contributed by atoms with Crippen LogP contribution in [-0.2, 0) is 15.0 Å². The lowest BCUT2D eigenvalue weighted by atomic mass is 9.84. The Hall–Kier alpha value is -2.09. The molecule has 0 radical (unpaired) electrons. The van der Waals surface area contributed by atoms with E-state index >= 15 is 0 Å². The summed E-state index contributed by atoms with van der Waals surface area (Å²) in [5.74, 6) is 0.782. The maximum atomic E-state index is 12.3. The average molecular weight is 440 g/mol. The predicted molar refractivity (Wildman–Crippen MR) is 115 cm³/mol. The summed E-state index contributed by atoms with van der Waals surface area (Å²) in [6, 6.07) is 5.87. The first-order chi connectivity index (χ1) is 14.2. The third-order valence-corrected chi connectivity index (χ3v) is 5.86. The third kappa shape index (κ3) is 4.96.